The number of carbonyl (C=O) groups excluding carboxylic acids is 1. The molecule has 15 heavy (non-hydrogen) atoms. The Hall–Kier alpha value is -1.22. The predicted octanol–water partition coefficient (Wildman–Crippen LogP) is 2.25. The Morgan fingerprint density at radius 2 is 2.07 bits per heavy atom. The van der Waals surface area contributed by atoms with Gasteiger partial charge in [0.05, 0.1) is 13.0 Å². The highest BCUT2D eigenvalue weighted by Gasteiger charge is 1.99. The number of hydrogen-bond acceptors (Lipinski definition) is 2. The van der Waals surface area contributed by atoms with Crippen molar-refractivity contribution in [2.45, 2.75) is 13.3 Å². The van der Waals surface area contributed by atoms with E-state index in [0.717, 1.165) is 5.75 Å². The first kappa shape index (κ1) is 11.9. The van der Waals surface area contributed by atoms with E-state index in [2.05, 4.69) is 5.32 Å². The summed E-state index contributed by atoms with van der Waals surface area (Å²) < 4.78 is 5.36. The fraction of sp³-hybridized carbons (Fsp3) is 0.364. The van der Waals surface area contributed by atoms with Crippen molar-refractivity contribution >= 4 is 17.5 Å². The average Bonchev–Trinajstić information content (AvgIpc) is 2.21. The van der Waals surface area contributed by atoms with Crippen molar-refractivity contribution < 1.29 is 9.53 Å². The number of hydrogen-bond donors (Lipinski definition) is 1. The molecule has 0 aliphatic heterocycles. The van der Waals surface area contributed by atoms with Crippen molar-refractivity contribution in [3.63, 3.8) is 0 Å². The van der Waals surface area contributed by atoms with Gasteiger partial charge in [0.15, 0.2) is 0 Å². The molecule has 0 aliphatic carbocycles. The van der Waals surface area contributed by atoms with Gasteiger partial charge in [0.25, 0.3) is 0 Å². The van der Waals surface area contributed by atoms with Gasteiger partial charge in [-0.2, -0.15) is 0 Å². The molecular formula is C11H14ClNO2. The van der Waals surface area contributed by atoms with Crippen molar-refractivity contribution in [2.75, 3.05) is 13.2 Å². The highest BCUT2D eigenvalue weighted by Crippen LogP contribution is 2.15. The minimum absolute atomic E-state index is 0.00598. The summed E-state index contributed by atoms with van der Waals surface area (Å²) >= 11 is 5.72. The normalized spacial score (nSPS) is 9.73. The van der Waals surface area contributed by atoms with E-state index in [1.165, 1.54) is 0 Å². The van der Waals surface area contributed by atoms with Crippen LogP contribution >= 0.6 is 11.6 Å². The lowest BCUT2D eigenvalue weighted by Gasteiger charge is -2.05. The standard InChI is InChI=1S/C11H14ClNO2/c1-2-13-11(14)7-8-15-10-5-3-9(12)4-6-10/h3-6H,2,7-8H2,1H3,(H,13,14). The van der Waals surface area contributed by atoms with Gasteiger partial charge in [0.2, 0.25) is 5.91 Å². The second-order valence-corrected chi connectivity index (χ2v) is 3.44. The molecule has 0 radical (unpaired) electrons. The minimum Gasteiger partial charge on any atom is -0.493 e. The third-order valence-electron chi connectivity index (χ3n) is 1.79. The third kappa shape index (κ3) is 4.70. The summed E-state index contributed by atoms with van der Waals surface area (Å²) in [5.41, 5.74) is 0. The van der Waals surface area contributed by atoms with Gasteiger partial charge in [-0.3, -0.25) is 4.79 Å². The van der Waals surface area contributed by atoms with E-state index in [1.54, 1.807) is 24.3 Å². The molecular weight excluding hydrogens is 214 g/mol. The number of halogens is 1. The predicted molar refractivity (Wildman–Crippen MR) is 60.2 cm³/mol. The molecule has 0 fully saturated rings. The number of nitrogens with one attached hydrogen (secondary N) is 1. The highest BCUT2D eigenvalue weighted by atomic mass is 35.5. The zero-order valence-electron chi connectivity index (χ0n) is 8.63. The molecule has 1 rings (SSSR count). The van der Waals surface area contributed by atoms with Crippen LogP contribution in [0.2, 0.25) is 5.02 Å². The van der Waals surface area contributed by atoms with E-state index in [1.807, 2.05) is 6.92 Å². The van der Waals surface area contributed by atoms with E-state index in [9.17, 15) is 4.79 Å². The third-order valence-corrected chi connectivity index (χ3v) is 2.04. The summed E-state index contributed by atoms with van der Waals surface area (Å²) in [5, 5.41) is 3.37. The minimum atomic E-state index is 0.00598. The van der Waals surface area contributed by atoms with Crippen molar-refractivity contribution in [1.82, 2.24) is 5.32 Å². The summed E-state index contributed by atoms with van der Waals surface area (Å²) in [7, 11) is 0. The van der Waals surface area contributed by atoms with Crippen LogP contribution in [0.1, 0.15) is 13.3 Å². The van der Waals surface area contributed by atoms with Crippen LogP contribution in [0.4, 0.5) is 0 Å². The van der Waals surface area contributed by atoms with Crippen LogP contribution in [0, 0.1) is 0 Å². The molecule has 0 spiro atoms. The van der Waals surface area contributed by atoms with Gasteiger partial charge >= 0.3 is 0 Å². The molecule has 82 valence electrons. The number of amides is 1. The van der Waals surface area contributed by atoms with Crippen molar-refractivity contribution in [3.05, 3.63) is 29.3 Å². The lowest BCUT2D eigenvalue weighted by atomic mass is 10.3. The SMILES string of the molecule is CCNC(=O)CCOc1ccc(Cl)cc1. The molecule has 0 bridgehead atoms. The van der Waals surface area contributed by atoms with Crippen LogP contribution in [0.3, 0.4) is 0 Å². The van der Waals surface area contributed by atoms with Gasteiger partial charge in [-0.25, -0.2) is 0 Å². The Morgan fingerprint density at radius 3 is 2.67 bits per heavy atom. The van der Waals surface area contributed by atoms with E-state index in [0.29, 0.717) is 24.6 Å². The maximum absolute atomic E-state index is 11.1. The molecule has 1 aromatic rings. The number of benzene rings is 1. The number of rotatable bonds is 5. The van der Waals surface area contributed by atoms with Gasteiger partial charge < -0.3 is 10.1 Å². The van der Waals surface area contributed by atoms with E-state index in [-0.39, 0.29) is 5.91 Å². The van der Waals surface area contributed by atoms with Crippen molar-refractivity contribution in [1.29, 1.82) is 0 Å². The summed E-state index contributed by atoms with van der Waals surface area (Å²) in [6, 6.07) is 7.06. The molecule has 3 nitrogen and oxygen atoms in total. The second-order valence-electron chi connectivity index (χ2n) is 3.01. The molecule has 1 aromatic carbocycles. The van der Waals surface area contributed by atoms with Crippen molar-refractivity contribution in [2.24, 2.45) is 0 Å². The summed E-state index contributed by atoms with van der Waals surface area (Å²) in [4.78, 5) is 11.1. The van der Waals surface area contributed by atoms with Crippen molar-refractivity contribution in [3.8, 4) is 5.75 Å². The average molecular weight is 228 g/mol. The summed E-state index contributed by atoms with van der Waals surface area (Å²) in [6.45, 7) is 2.92. The Morgan fingerprint density at radius 1 is 1.40 bits per heavy atom. The van der Waals surface area contributed by atoms with Gasteiger partial charge in [-0.15, -0.1) is 0 Å². The summed E-state index contributed by atoms with van der Waals surface area (Å²) in [5.74, 6) is 0.732. The van der Waals surface area contributed by atoms with Crippen LogP contribution in [0.5, 0.6) is 5.75 Å². The van der Waals surface area contributed by atoms with Crippen LogP contribution < -0.4 is 10.1 Å². The van der Waals surface area contributed by atoms with Crippen LogP contribution in [-0.2, 0) is 4.79 Å². The molecule has 0 atom stereocenters. The Kier molecular flexibility index (Phi) is 4.98. The molecule has 0 saturated carbocycles. The van der Waals surface area contributed by atoms with E-state index >= 15 is 0 Å². The molecule has 0 heterocycles. The van der Waals surface area contributed by atoms with Crippen LogP contribution in [0.15, 0.2) is 24.3 Å². The summed E-state index contributed by atoms with van der Waals surface area (Å²) in [6.07, 6.45) is 0.371. The second kappa shape index (κ2) is 6.30. The first-order valence-electron chi connectivity index (χ1n) is 4.87. The van der Waals surface area contributed by atoms with Crippen LogP contribution in [-0.4, -0.2) is 19.1 Å². The quantitative estimate of drug-likeness (QED) is 0.838. The molecule has 0 aromatic heterocycles. The maximum Gasteiger partial charge on any atom is 0.223 e. The number of carbonyl (C=O) groups is 1. The van der Waals surface area contributed by atoms with Gasteiger partial charge in [0.1, 0.15) is 5.75 Å². The topological polar surface area (TPSA) is 38.3 Å². The van der Waals surface area contributed by atoms with E-state index in [4.69, 9.17) is 16.3 Å². The smallest absolute Gasteiger partial charge is 0.223 e. The van der Waals surface area contributed by atoms with Crippen LogP contribution in [0.25, 0.3) is 0 Å². The lowest BCUT2D eigenvalue weighted by molar-refractivity contribution is -0.121. The van der Waals surface area contributed by atoms with Gasteiger partial charge in [0, 0.05) is 11.6 Å². The number of ether oxygens (including phenoxy) is 1. The highest BCUT2D eigenvalue weighted by molar-refractivity contribution is 6.30. The first-order chi connectivity index (χ1) is 7.22. The molecule has 0 saturated heterocycles. The zero-order valence-corrected chi connectivity index (χ0v) is 9.38. The molecule has 0 aliphatic rings. The first-order valence-corrected chi connectivity index (χ1v) is 5.25. The van der Waals surface area contributed by atoms with Gasteiger partial charge in [-0.1, -0.05) is 11.6 Å². The van der Waals surface area contributed by atoms with Gasteiger partial charge in [-0.05, 0) is 31.2 Å². The largest absolute Gasteiger partial charge is 0.493 e. The molecule has 4 heteroatoms. The lowest BCUT2D eigenvalue weighted by Crippen LogP contribution is -2.24. The molecule has 1 amide bonds. The monoisotopic (exact) mass is 227 g/mol. The molecule has 1 N–H and O–H groups in total. The Labute approximate surface area is 94.4 Å². The fourth-order valence-corrected chi connectivity index (χ4v) is 1.20. The fourth-order valence-electron chi connectivity index (χ4n) is 1.08. The Bertz CT molecular complexity index is 311. The maximum atomic E-state index is 11.1. The Balaban J connectivity index is 2.26. The van der Waals surface area contributed by atoms with E-state index < -0.39 is 0 Å². The zero-order chi connectivity index (χ0) is 11.1. The molecule has 0 unspecified atom stereocenters.